The predicted octanol–water partition coefficient (Wildman–Crippen LogP) is 14.5. The first-order valence-electron chi connectivity index (χ1n) is 19.8. The first kappa shape index (κ1) is 39.5. The van der Waals surface area contributed by atoms with E-state index in [2.05, 4.69) is 18.2 Å². The van der Waals surface area contributed by atoms with E-state index in [0.717, 1.165) is 28.0 Å². The summed E-state index contributed by atoms with van der Waals surface area (Å²) in [6.07, 6.45) is -10.5. The van der Waals surface area contributed by atoms with Gasteiger partial charge < -0.3 is 9.13 Å². The van der Waals surface area contributed by atoms with Gasteiger partial charge in [-0.2, -0.15) is 42.1 Å². The second-order valence-electron chi connectivity index (χ2n) is 15.2. The van der Waals surface area contributed by atoms with Crippen LogP contribution < -0.4 is 0 Å². The zero-order valence-electron chi connectivity index (χ0n) is 33.1. The van der Waals surface area contributed by atoms with Crippen molar-refractivity contribution in [2.45, 2.75) is 12.4 Å². The Kier molecular flexibility index (Phi) is 9.14. The van der Waals surface area contributed by atoms with Gasteiger partial charge >= 0.3 is 12.4 Å². The van der Waals surface area contributed by atoms with Gasteiger partial charge in [0.15, 0.2) is 0 Å². The Morgan fingerprint density at radius 1 is 0.391 bits per heavy atom. The maximum Gasteiger partial charge on any atom is 0.417 e. The molecule has 0 saturated carbocycles. The number of hydrogen-bond donors (Lipinski definition) is 0. The molecule has 0 aliphatic rings. The summed E-state index contributed by atoms with van der Waals surface area (Å²) in [7, 11) is 0. The fourth-order valence-electron chi connectivity index (χ4n) is 8.96. The van der Waals surface area contributed by atoms with E-state index in [0.29, 0.717) is 67.2 Å². The summed E-state index contributed by atoms with van der Waals surface area (Å²) in [4.78, 5) is 0. The van der Waals surface area contributed by atoms with Crippen molar-refractivity contribution >= 4 is 43.6 Å². The van der Waals surface area contributed by atoms with Crippen molar-refractivity contribution in [2.75, 3.05) is 0 Å². The molecule has 0 N–H and O–H groups in total. The summed E-state index contributed by atoms with van der Waals surface area (Å²) >= 11 is 0. The number of aromatic nitrogens is 2. The number of fused-ring (bicyclic) bond motifs is 6. The van der Waals surface area contributed by atoms with Crippen LogP contribution in [0.25, 0.3) is 88.4 Å². The third kappa shape index (κ3) is 6.32. The third-order valence-corrected chi connectivity index (χ3v) is 11.7. The van der Waals surface area contributed by atoms with Gasteiger partial charge in [-0.1, -0.05) is 97.1 Å². The van der Waals surface area contributed by atoms with Gasteiger partial charge in [0.2, 0.25) is 0 Å². The topological polar surface area (TPSA) is 81.2 Å². The number of para-hydroxylation sites is 2. The lowest BCUT2D eigenvalue weighted by molar-refractivity contribution is -0.142. The van der Waals surface area contributed by atoms with Crippen LogP contribution in [-0.4, -0.2) is 9.13 Å². The lowest BCUT2D eigenvalue weighted by atomic mass is 9.90. The number of benzene rings is 8. The zero-order chi connectivity index (χ0) is 44.5. The summed E-state index contributed by atoms with van der Waals surface area (Å²) in [5, 5.41) is 33.7. The van der Waals surface area contributed by atoms with Crippen molar-refractivity contribution in [3.05, 3.63) is 192 Å². The normalized spacial score (nSPS) is 11.9. The highest BCUT2D eigenvalue weighted by molar-refractivity contribution is 6.13. The molecule has 64 heavy (non-hydrogen) atoms. The maximum absolute atomic E-state index is 15.2. The van der Waals surface area contributed by atoms with Crippen LogP contribution in [-0.2, 0) is 12.4 Å². The molecular formula is C53H27F6N5. The molecule has 10 aromatic rings. The van der Waals surface area contributed by atoms with Crippen LogP contribution in [0, 0.1) is 34.0 Å². The van der Waals surface area contributed by atoms with E-state index in [1.165, 1.54) is 12.1 Å². The summed E-state index contributed by atoms with van der Waals surface area (Å²) in [5.74, 6) is 0. The average Bonchev–Trinajstić information content (AvgIpc) is 3.82. The molecule has 0 aliphatic heterocycles. The molecular weight excluding hydrogens is 821 g/mol. The third-order valence-electron chi connectivity index (χ3n) is 11.7. The van der Waals surface area contributed by atoms with Crippen molar-refractivity contribution in [1.82, 2.24) is 9.13 Å². The van der Waals surface area contributed by atoms with E-state index in [4.69, 9.17) is 0 Å². The van der Waals surface area contributed by atoms with Gasteiger partial charge in [0, 0.05) is 32.7 Å². The van der Waals surface area contributed by atoms with Gasteiger partial charge in [0.25, 0.3) is 0 Å². The first-order valence-corrected chi connectivity index (χ1v) is 19.8. The molecule has 2 aromatic heterocycles. The van der Waals surface area contributed by atoms with E-state index in [1.54, 1.807) is 88.0 Å². The molecule has 306 valence electrons. The van der Waals surface area contributed by atoms with Crippen LogP contribution >= 0.6 is 0 Å². The van der Waals surface area contributed by atoms with E-state index in [9.17, 15) is 15.8 Å². The van der Waals surface area contributed by atoms with Gasteiger partial charge in [-0.15, -0.1) is 0 Å². The van der Waals surface area contributed by atoms with Crippen molar-refractivity contribution in [3.8, 4) is 63.0 Å². The molecule has 0 spiro atoms. The molecule has 5 nitrogen and oxygen atoms in total. The summed E-state index contributed by atoms with van der Waals surface area (Å²) in [6.45, 7) is 0. The number of rotatable bonds is 5. The molecule has 11 heteroatoms. The summed E-state index contributed by atoms with van der Waals surface area (Å²) < 4.78 is 94.4. The standard InChI is InChI=1S/C53H27F6N5/c54-52(55,56)43-14-7-15-44(53(57,58)59)50(43)41-22-23-47(63-45-16-3-1-12-37(45)39-20-18-35(26-48(39)63)33-10-5-8-31(24-33)28-60)42(30-62)51(41)64-46-17-4-2-13-38(46)40-21-19-36(27-49(40)64)34-11-6-9-32(25-34)29-61/h1-27H. The van der Waals surface area contributed by atoms with E-state index in [1.807, 2.05) is 54.6 Å². The van der Waals surface area contributed by atoms with Crippen LogP contribution in [0.2, 0.25) is 0 Å². The highest BCUT2D eigenvalue weighted by atomic mass is 19.4. The van der Waals surface area contributed by atoms with Crippen LogP contribution in [0.3, 0.4) is 0 Å². The number of nitriles is 3. The number of halogens is 6. The minimum atomic E-state index is -5.23. The average molecular weight is 848 g/mol. The highest BCUT2D eigenvalue weighted by Crippen LogP contribution is 2.49. The monoisotopic (exact) mass is 847 g/mol. The van der Waals surface area contributed by atoms with Crippen LogP contribution in [0.4, 0.5) is 26.3 Å². The van der Waals surface area contributed by atoms with Crippen molar-refractivity contribution in [2.24, 2.45) is 0 Å². The molecule has 0 bridgehead atoms. The smallest absolute Gasteiger partial charge is 0.308 e. The Bertz CT molecular complexity index is 3670. The van der Waals surface area contributed by atoms with Crippen LogP contribution in [0.1, 0.15) is 27.8 Å². The molecule has 0 amide bonds. The molecule has 0 saturated heterocycles. The van der Waals surface area contributed by atoms with Gasteiger partial charge in [-0.25, -0.2) is 0 Å². The minimum absolute atomic E-state index is 0.193. The van der Waals surface area contributed by atoms with Gasteiger partial charge in [0.1, 0.15) is 11.6 Å². The molecule has 2 heterocycles. The minimum Gasteiger partial charge on any atom is -0.308 e. The Hall–Kier alpha value is -8.59. The van der Waals surface area contributed by atoms with Gasteiger partial charge in [-0.3, -0.25) is 0 Å². The second kappa shape index (κ2) is 14.8. The predicted molar refractivity (Wildman–Crippen MR) is 236 cm³/mol. The van der Waals surface area contributed by atoms with Crippen molar-refractivity contribution in [1.29, 1.82) is 15.8 Å². The molecule has 0 unspecified atom stereocenters. The number of hydrogen-bond acceptors (Lipinski definition) is 3. The maximum atomic E-state index is 15.2. The molecule has 8 aromatic carbocycles. The van der Waals surface area contributed by atoms with E-state index < -0.39 is 34.6 Å². The van der Waals surface area contributed by atoms with Crippen LogP contribution in [0.5, 0.6) is 0 Å². The Morgan fingerprint density at radius 2 is 0.844 bits per heavy atom. The SMILES string of the molecule is N#Cc1cccc(-c2ccc3c4ccccc4n(-c4ccc(-c5c(C(F)(F)F)cccc5C(F)(F)F)c(-n5c6ccccc6c6ccc(-c7cccc(C#N)c7)cc65)c4C#N)c3c2)c1. The highest BCUT2D eigenvalue weighted by Gasteiger charge is 2.42. The van der Waals surface area contributed by atoms with Gasteiger partial charge in [0.05, 0.1) is 67.8 Å². The zero-order valence-corrected chi connectivity index (χ0v) is 33.1. The Balaban J connectivity index is 1.39. The van der Waals surface area contributed by atoms with Crippen molar-refractivity contribution in [3.63, 3.8) is 0 Å². The summed E-state index contributed by atoms with van der Waals surface area (Å²) in [6, 6.07) is 50.6. The quantitative estimate of drug-likeness (QED) is 0.162. The van der Waals surface area contributed by atoms with Crippen LogP contribution in [0.15, 0.2) is 164 Å². The lowest BCUT2D eigenvalue weighted by Gasteiger charge is -2.24. The molecule has 0 atom stereocenters. The van der Waals surface area contributed by atoms with E-state index in [-0.39, 0.29) is 16.9 Å². The molecule has 0 aliphatic carbocycles. The Morgan fingerprint density at radius 3 is 1.34 bits per heavy atom. The Labute approximate surface area is 360 Å². The first-order chi connectivity index (χ1) is 30.9. The number of alkyl halides is 6. The van der Waals surface area contributed by atoms with Crippen molar-refractivity contribution < 1.29 is 26.3 Å². The fourth-order valence-corrected chi connectivity index (χ4v) is 8.96. The molecule has 10 rings (SSSR count). The molecule has 0 fully saturated rings. The fraction of sp³-hybridized carbons (Fsp3) is 0.0377. The largest absolute Gasteiger partial charge is 0.417 e. The number of nitrogens with zero attached hydrogens (tertiary/aromatic N) is 5. The van der Waals surface area contributed by atoms with E-state index >= 15 is 26.3 Å². The lowest BCUT2D eigenvalue weighted by Crippen LogP contribution is -2.16. The second-order valence-corrected chi connectivity index (χ2v) is 15.2. The van der Waals surface area contributed by atoms with Gasteiger partial charge in [-0.05, 0) is 89.0 Å². The summed E-state index contributed by atoms with van der Waals surface area (Å²) in [5.41, 5.74) is 0.812. The molecule has 0 radical (unpaired) electrons.